The molecule has 2 unspecified atom stereocenters. The average Bonchev–Trinajstić information content (AvgIpc) is 2.82. The molecule has 0 aromatic rings. The summed E-state index contributed by atoms with van der Waals surface area (Å²) in [6.45, 7) is 3.40. The zero-order valence-electron chi connectivity index (χ0n) is 9.66. The van der Waals surface area contributed by atoms with Crippen molar-refractivity contribution in [3.8, 4) is 0 Å². The average molecular weight is 229 g/mol. The molecule has 0 saturated carbocycles. The van der Waals surface area contributed by atoms with Crippen LogP contribution in [0.25, 0.3) is 0 Å². The molecule has 2 rings (SSSR count). The van der Waals surface area contributed by atoms with Crippen molar-refractivity contribution in [3.05, 3.63) is 0 Å². The number of morpholine rings is 1. The maximum Gasteiger partial charge on any atom is 0.339 e. The maximum atomic E-state index is 11.8. The summed E-state index contributed by atoms with van der Waals surface area (Å²) >= 11 is 0. The Morgan fingerprint density at radius 1 is 1.56 bits per heavy atom. The van der Waals surface area contributed by atoms with Gasteiger partial charge in [0.2, 0.25) is 0 Å². The molecule has 1 N–H and O–H groups in total. The molecule has 2 aliphatic rings. The molecule has 0 spiro atoms. The molecule has 5 heteroatoms. The van der Waals surface area contributed by atoms with Gasteiger partial charge in [-0.2, -0.15) is 0 Å². The van der Waals surface area contributed by atoms with E-state index in [9.17, 15) is 4.79 Å². The van der Waals surface area contributed by atoms with E-state index in [1.807, 2.05) is 0 Å². The van der Waals surface area contributed by atoms with Crippen molar-refractivity contribution in [3.63, 3.8) is 0 Å². The number of esters is 1. The topological polar surface area (TPSA) is 56.8 Å². The molecule has 2 heterocycles. The van der Waals surface area contributed by atoms with E-state index < -0.39 is 5.60 Å². The minimum absolute atomic E-state index is 0.272. The lowest BCUT2D eigenvalue weighted by Gasteiger charge is -2.36. The Hall–Kier alpha value is -0.650. The van der Waals surface area contributed by atoms with E-state index in [1.165, 1.54) is 7.11 Å². The summed E-state index contributed by atoms with van der Waals surface area (Å²) in [4.78, 5) is 11.8. The van der Waals surface area contributed by atoms with Gasteiger partial charge < -0.3 is 19.5 Å². The lowest BCUT2D eigenvalue weighted by molar-refractivity contribution is -0.176. The molecule has 2 atom stereocenters. The number of carbonyl (C=O) groups is 1. The van der Waals surface area contributed by atoms with E-state index in [0.717, 1.165) is 26.2 Å². The molecule has 92 valence electrons. The Labute approximate surface area is 95.4 Å². The highest BCUT2D eigenvalue weighted by Gasteiger charge is 2.44. The van der Waals surface area contributed by atoms with Gasteiger partial charge in [0, 0.05) is 26.3 Å². The first kappa shape index (κ1) is 11.8. The Bertz CT molecular complexity index is 244. The highest BCUT2D eigenvalue weighted by Crippen LogP contribution is 2.29. The molecule has 0 aliphatic carbocycles. The normalized spacial score (nSPS) is 34.9. The summed E-state index contributed by atoms with van der Waals surface area (Å²) < 4.78 is 15.9. The first-order chi connectivity index (χ1) is 7.77. The van der Waals surface area contributed by atoms with E-state index in [0.29, 0.717) is 25.5 Å². The smallest absolute Gasteiger partial charge is 0.339 e. The van der Waals surface area contributed by atoms with Gasteiger partial charge >= 0.3 is 5.97 Å². The third-order valence-corrected chi connectivity index (χ3v) is 3.27. The molecular weight excluding hydrogens is 210 g/mol. The van der Waals surface area contributed by atoms with Crippen molar-refractivity contribution in [2.45, 2.75) is 18.4 Å². The van der Waals surface area contributed by atoms with Crippen LogP contribution in [-0.4, -0.2) is 51.6 Å². The van der Waals surface area contributed by atoms with Crippen molar-refractivity contribution >= 4 is 5.97 Å². The predicted molar refractivity (Wildman–Crippen MR) is 57.1 cm³/mol. The van der Waals surface area contributed by atoms with Crippen molar-refractivity contribution in [2.24, 2.45) is 5.92 Å². The van der Waals surface area contributed by atoms with Crippen molar-refractivity contribution in [1.82, 2.24) is 5.32 Å². The van der Waals surface area contributed by atoms with E-state index in [1.54, 1.807) is 0 Å². The molecule has 0 aromatic heterocycles. The van der Waals surface area contributed by atoms with Crippen LogP contribution in [0.5, 0.6) is 0 Å². The second kappa shape index (κ2) is 5.12. The number of nitrogens with one attached hydrogen (secondary N) is 1. The standard InChI is InChI=1S/C11H19NO4/c1-14-10(13)11(8-12-3-5-16-11)6-9-2-4-15-7-9/h9,12H,2-8H2,1H3. The minimum Gasteiger partial charge on any atom is -0.467 e. The van der Waals surface area contributed by atoms with E-state index >= 15 is 0 Å². The minimum atomic E-state index is -0.800. The molecule has 0 amide bonds. The fourth-order valence-corrected chi connectivity index (χ4v) is 2.40. The van der Waals surface area contributed by atoms with Crippen LogP contribution in [-0.2, 0) is 19.0 Å². The quantitative estimate of drug-likeness (QED) is 0.687. The molecule has 0 aromatic carbocycles. The first-order valence-electron chi connectivity index (χ1n) is 5.78. The van der Waals surface area contributed by atoms with E-state index in [2.05, 4.69) is 5.32 Å². The fourth-order valence-electron chi connectivity index (χ4n) is 2.40. The maximum absolute atomic E-state index is 11.8. The number of hydrogen-bond donors (Lipinski definition) is 1. The second-order valence-corrected chi connectivity index (χ2v) is 4.44. The summed E-state index contributed by atoms with van der Waals surface area (Å²) in [5.74, 6) is 0.130. The van der Waals surface area contributed by atoms with Crippen LogP contribution in [0.4, 0.5) is 0 Å². The summed E-state index contributed by atoms with van der Waals surface area (Å²) in [5.41, 5.74) is -0.800. The Kier molecular flexibility index (Phi) is 3.78. The Morgan fingerprint density at radius 2 is 2.44 bits per heavy atom. The van der Waals surface area contributed by atoms with Gasteiger partial charge in [-0.05, 0) is 18.8 Å². The number of hydrogen-bond acceptors (Lipinski definition) is 5. The molecule has 2 aliphatic heterocycles. The SMILES string of the molecule is COC(=O)C1(CC2CCOC2)CNCCO1. The monoisotopic (exact) mass is 229 g/mol. The van der Waals surface area contributed by atoms with Crippen molar-refractivity contribution in [2.75, 3.05) is 40.0 Å². The molecule has 2 fully saturated rings. The highest BCUT2D eigenvalue weighted by atomic mass is 16.6. The zero-order valence-corrected chi connectivity index (χ0v) is 9.66. The van der Waals surface area contributed by atoms with Crippen LogP contribution in [0.3, 0.4) is 0 Å². The van der Waals surface area contributed by atoms with Crippen molar-refractivity contribution < 1.29 is 19.0 Å². The highest BCUT2D eigenvalue weighted by molar-refractivity contribution is 5.80. The van der Waals surface area contributed by atoms with E-state index in [-0.39, 0.29) is 5.97 Å². The summed E-state index contributed by atoms with van der Waals surface area (Å²) in [6.07, 6.45) is 1.69. The van der Waals surface area contributed by atoms with Crippen LogP contribution >= 0.6 is 0 Å². The molecule has 5 nitrogen and oxygen atoms in total. The van der Waals surface area contributed by atoms with Gasteiger partial charge in [0.25, 0.3) is 0 Å². The third-order valence-electron chi connectivity index (χ3n) is 3.27. The summed E-state index contributed by atoms with van der Waals surface area (Å²) in [7, 11) is 1.41. The van der Waals surface area contributed by atoms with Crippen molar-refractivity contribution in [1.29, 1.82) is 0 Å². The van der Waals surface area contributed by atoms with Gasteiger partial charge in [-0.1, -0.05) is 0 Å². The van der Waals surface area contributed by atoms with Crippen LogP contribution in [0.15, 0.2) is 0 Å². The molecule has 16 heavy (non-hydrogen) atoms. The molecule has 2 saturated heterocycles. The Morgan fingerprint density at radius 3 is 3.00 bits per heavy atom. The van der Waals surface area contributed by atoms with Gasteiger partial charge in [0.05, 0.1) is 13.7 Å². The van der Waals surface area contributed by atoms with Crippen LogP contribution in [0.1, 0.15) is 12.8 Å². The largest absolute Gasteiger partial charge is 0.467 e. The number of ether oxygens (including phenoxy) is 3. The van der Waals surface area contributed by atoms with Crippen LogP contribution in [0, 0.1) is 5.92 Å². The number of methoxy groups -OCH3 is 1. The summed E-state index contributed by atoms with van der Waals surface area (Å²) in [5, 5.41) is 3.20. The predicted octanol–water partition coefficient (Wildman–Crippen LogP) is -0.0554. The Balaban J connectivity index is 2.03. The number of carbonyl (C=O) groups excluding carboxylic acids is 1. The van der Waals surface area contributed by atoms with Gasteiger partial charge in [0.15, 0.2) is 5.60 Å². The third kappa shape index (κ3) is 2.36. The zero-order chi connectivity index (χ0) is 11.4. The molecule has 0 radical (unpaired) electrons. The molecular formula is C11H19NO4. The van der Waals surface area contributed by atoms with Crippen LogP contribution in [0.2, 0.25) is 0 Å². The first-order valence-corrected chi connectivity index (χ1v) is 5.78. The van der Waals surface area contributed by atoms with E-state index in [4.69, 9.17) is 14.2 Å². The van der Waals surface area contributed by atoms with Gasteiger partial charge in [-0.15, -0.1) is 0 Å². The second-order valence-electron chi connectivity index (χ2n) is 4.44. The van der Waals surface area contributed by atoms with Gasteiger partial charge in [0.1, 0.15) is 0 Å². The fraction of sp³-hybridized carbons (Fsp3) is 0.909. The molecule has 0 bridgehead atoms. The summed E-state index contributed by atoms with van der Waals surface area (Å²) in [6, 6.07) is 0. The lowest BCUT2D eigenvalue weighted by atomic mass is 9.88. The number of rotatable bonds is 3. The van der Waals surface area contributed by atoms with Crippen LogP contribution < -0.4 is 5.32 Å². The lowest BCUT2D eigenvalue weighted by Crippen LogP contribution is -2.56. The van der Waals surface area contributed by atoms with Gasteiger partial charge in [-0.25, -0.2) is 4.79 Å². The van der Waals surface area contributed by atoms with Gasteiger partial charge in [-0.3, -0.25) is 0 Å².